The second-order valence-electron chi connectivity index (χ2n) is 8.85. The lowest BCUT2D eigenvalue weighted by Gasteiger charge is -2.21. The molecule has 7 nitrogen and oxygen atoms in total. The van der Waals surface area contributed by atoms with Crippen molar-refractivity contribution >= 4 is 11.9 Å². The van der Waals surface area contributed by atoms with Gasteiger partial charge in [0.2, 0.25) is 5.91 Å². The van der Waals surface area contributed by atoms with Crippen LogP contribution in [-0.2, 0) is 28.5 Å². The van der Waals surface area contributed by atoms with E-state index >= 15 is 0 Å². The minimum Gasteiger partial charge on any atom is -0.463 e. The Morgan fingerprint density at radius 3 is 2.26 bits per heavy atom. The first-order chi connectivity index (χ1) is 12.9. The number of hydrogen-bond donors (Lipinski definition) is 1. The van der Waals surface area contributed by atoms with E-state index in [9.17, 15) is 9.59 Å². The molecule has 7 heteroatoms. The summed E-state index contributed by atoms with van der Waals surface area (Å²) in [5, 5.41) is 2.93. The number of carbonyl (C=O) groups is 2. The van der Waals surface area contributed by atoms with Gasteiger partial charge in [-0.3, -0.25) is 9.59 Å². The van der Waals surface area contributed by atoms with Crippen molar-refractivity contribution in [3.8, 4) is 0 Å². The maximum absolute atomic E-state index is 12.2. The number of fused-ring (bicyclic) bond motifs is 2. The molecule has 2 aliphatic carbocycles. The summed E-state index contributed by atoms with van der Waals surface area (Å²) in [5.74, 6) is -0.0396. The molecule has 0 aromatic heterocycles. The van der Waals surface area contributed by atoms with Crippen molar-refractivity contribution in [3.63, 3.8) is 0 Å². The van der Waals surface area contributed by atoms with E-state index in [1.807, 2.05) is 0 Å². The van der Waals surface area contributed by atoms with Crippen molar-refractivity contribution in [3.05, 3.63) is 0 Å². The molecule has 4 aliphatic rings. The Morgan fingerprint density at radius 2 is 1.59 bits per heavy atom. The quantitative estimate of drug-likeness (QED) is 0.390. The van der Waals surface area contributed by atoms with Gasteiger partial charge < -0.3 is 24.3 Å². The third-order valence-corrected chi connectivity index (χ3v) is 6.77. The molecule has 0 bridgehead atoms. The number of nitrogens with one attached hydrogen (secondary N) is 1. The smallest absolute Gasteiger partial charge is 0.309 e. The average Bonchev–Trinajstić information content (AvgIpc) is 3.51. The largest absolute Gasteiger partial charge is 0.463 e. The van der Waals surface area contributed by atoms with Crippen LogP contribution in [0.1, 0.15) is 52.4 Å². The SMILES string of the molecule is CC12CCC(C(=O)NCCOCCOC(=O)C3CCC4(C)OC4C3)CC1O2. The molecule has 1 amide bonds. The molecule has 27 heavy (non-hydrogen) atoms. The number of hydrogen-bond acceptors (Lipinski definition) is 6. The van der Waals surface area contributed by atoms with Gasteiger partial charge in [0.1, 0.15) is 6.61 Å². The van der Waals surface area contributed by atoms with Gasteiger partial charge in [0, 0.05) is 12.5 Å². The average molecular weight is 381 g/mol. The molecule has 2 saturated carbocycles. The summed E-state index contributed by atoms with van der Waals surface area (Å²) in [5.41, 5.74) is 0.0631. The molecule has 2 saturated heterocycles. The predicted molar refractivity (Wildman–Crippen MR) is 96.0 cm³/mol. The van der Waals surface area contributed by atoms with Gasteiger partial charge in [0.05, 0.1) is 42.5 Å². The summed E-state index contributed by atoms with van der Waals surface area (Å²) in [6.45, 7) is 5.74. The molecule has 4 fully saturated rings. The zero-order valence-electron chi connectivity index (χ0n) is 16.3. The number of rotatable bonds is 8. The fraction of sp³-hybridized carbons (Fsp3) is 0.900. The van der Waals surface area contributed by atoms with Gasteiger partial charge in [-0.15, -0.1) is 0 Å². The lowest BCUT2D eigenvalue weighted by Crippen LogP contribution is -2.36. The maximum Gasteiger partial charge on any atom is 0.309 e. The molecule has 6 atom stereocenters. The summed E-state index contributed by atoms with van der Waals surface area (Å²) >= 11 is 0. The van der Waals surface area contributed by atoms with E-state index in [2.05, 4.69) is 19.2 Å². The first-order valence-corrected chi connectivity index (χ1v) is 10.3. The predicted octanol–water partition coefficient (Wildman–Crippen LogP) is 1.58. The van der Waals surface area contributed by atoms with Gasteiger partial charge in [0.25, 0.3) is 0 Å². The topological polar surface area (TPSA) is 89.7 Å². The van der Waals surface area contributed by atoms with Crippen LogP contribution in [-0.4, -0.2) is 61.7 Å². The highest BCUT2D eigenvalue weighted by Gasteiger charge is 2.57. The molecule has 0 radical (unpaired) electrons. The standard InChI is InChI=1S/C20H31NO6/c1-19-5-3-13(11-15(19)26-19)17(22)21-7-8-24-9-10-25-18(23)14-4-6-20(2)16(12-14)27-20/h13-16H,3-12H2,1-2H3,(H,21,22). The number of epoxide rings is 2. The zero-order valence-corrected chi connectivity index (χ0v) is 16.3. The van der Waals surface area contributed by atoms with Crippen molar-refractivity contribution in [2.45, 2.75) is 75.8 Å². The van der Waals surface area contributed by atoms with E-state index in [1.54, 1.807) is 0 Å². The van der Waals surface area contributed by atoms with Gasteiger partial charge in [0.15, 0.2) is 0 Å². The van der Waals surface area contributed by atoms with Crippen LogP contribution in [0.15, 0.2) is 0 Å². The molecule has 0 aromatic rings. The molecule has 0 aromatic carbocycles. The van der Waals surface area contributed by atoms with E-state index in [-0.39, 0.29) is 53.7 Å². The molecule has 2 heterocycles. The molecular weight excluding hydrogens is 350 g/mol. The third kappa shape index (κ3) is 4.30. The highest BCUT2D eigenvalue weighted by atomic mass is 16.6. The van der Waals surface area contributed by atoms with Gasteiger partial charge in [-0.05, 0) is 52.4 Å². The molecular formula is C20H31NO6. The monoisotopic (exact) mass is 381 g/mol. The Bertz CT molecular complexity index is 547. The minimum absolute atomic E-state index is 0.0211. The Balaban J connectivity index is 1.01. The van der Waals surface area contributed by atoms with Crippen LogP contribution in [0.4, 0.5) is 0 Å². The first kappa shape index (κ1) is 19.2. The van der Waals surface area contributed by atoms with Crippen LogP contribution in [0.25, 0.3) is 0 Å². The molecule has 4 rings (SSSR count). The molecule has 2 aliphatic heterocycles. The van der Waals surface area contributed by atoms with Crippen LogP contribution in [0.5, 0.6) is 0 Å². The van der Waals surface area contributed by atoms with E-state index < -0.39 is 0 Å². The van der Waals surface area contributed by atoms with Crippen LogP contribution in [0.2, 0.25) is 0 Å². The lowest BCUT2D eigenvalue weighted by atomic mass is 9.82. The van der Waals surface area contributed by atoms with E-state index in [0.29, 0.717) is 19.8 Å². The van der Waals surface area contributed by atoms with Crippen molar-refractivity contribution < 1.29 is 28.5 Å². The lowest BCUT2D eigenvalue weighted by molar-refractivity contribution is -0.151. The normalized spacial score (nSPS) is 41.9. The summed E-state index contributed by atoms with van der Waals surface area (Å²) in [6, 6.07) is 0. The number of ether oxygens (including phenoxy) is 4. The second kappa shape index (κ2) is 7.33. The first-order valence-electron chi connectivity index (χ1n) is 10.3. The Labute approximate surface area is 160 Å². The van der Waals surface area contributed by atoms with Gasteiger partial charge >= 0.3 is 5.97 Å². The van der Waals surface area contributed by atoms with Gasteiger partial charge in [-0.2, -0.15) is 0 Å². The Morgan fingerprint density at radius 1 is 0.963 bits per heavy atom. The van der Waals surface area contributed by atoms with Crippen LogP contribution in [0.3, 0.4) is 0 Å². The van der Waals surface area contributed by atoms with Gasteiger partial charge in [-0.25, -0.2) is 0 Å². The molecule has 1 N–H and O–H groups in total. The van der Waals surface area contributed by atoms with Crippen molar-refractivity contribution in [1.29, 1.82) is 0 Å². The molecule has 152 valence electrons. The Kier molecular flexibility index (Phi) is 5.20. The van der Waals surface area contributed by atoms with Crippen molar-refractivity contribution in [1.82, 2.24) is 5.32 Å². The fourth-order valence-corrected chi connectivity index (χ4v) is 4.55. The van der Waals surface area contributed by atoms with Gasteiger partial charge in [-0.1, -0.05) is 0 Å². The summed E-state index contributed by atoms with van der Waals surface area (Å²) < 4.78 is 22.0. The number of carbonyl (C=O) groups excluding carboxylic acids is 2. The highest BCUT2D eigenvalue weighted by Crippen LogP contribution is 2.50. The summed E-state index contributed by atoms with van der Waals surface area (Å²) in [7, 11) is 0. The van der Waals surface area contributed by atoms with Crippen LogP contribution in [0, 0.1) is 11.8 Å². The summed E-state index contributed by atoms with van der Waals surface area (Å²) in [4.78, 5) is 24.2. The van der Waals surface area contributed by atoms with Crippen LogP contribution >= 0.6 is 0 Å². The van der Waals surface area contributed by atoms with Crippen molar-refractivity contribution in [2.75, 3.05) is 26.4 Å². The molecule has 0 spiro atoms. The maximum atomic E-state index is 12.2. The summed E-state index contributed by atoms with van der Waals surface area (Å²) in [6.07, 6.45) is 5.71. The second-order valence-corrected chi connectivity index (χ2v) is 8.85. The van der Waals surface area contributed by atoms with E-state index in [4.69, 9.17) is 18.9 Å². The Hall–Kier alpha value is -1.18. The number of esters is 1. The molecule has 6 unspecified atom stereocenters. The van der Waals surface area contributed by atoms with E-state index in [0.717, 1.165) is 38.5 Å². The highest BCUT2D eigenvalue weighted by molar-refractivity contribution is 5.79. The van der Waals surface area contributed by atoms with Crippen molar-refractivity contribution in [2.24, 2.45) is 11.8 Å². The third-order valence-electron chi connectivity index (χ3n) is 6.77. The number of amides is 1. The minimum atomic E-state index is -0.143. The fourth-order valence-electron chi connectivity index (χ4n) is 4.55. The van der Waals surface area contributed by atoms with Crippen LogP contribution < -0.4 is 5.32 Å². The zero-order chi connectivity index (χ0) is 19.1. The van der Waals surface area contributed by atoms with E-state index in [1.165, 1.54) is 0 Å².